The maximum Gasteiger partial charge on any atom is 0.324 e. The number of guanidine groups is 1. The van der Waals surface area contributed by atoms with Crippen molar-refractivity contribution in [3.05, 3.63) is 94.1 Å². The molecule has 15 heteroatoms. The van der Waals surface area contributed by atoms with Gasteiger partial charge in [-0.15, -0.1) is 0 Å². The summed E-state index contributed by atoms with van der Waals surface area (Å²) in [5, 5.41) is 7.15. The molecule has 4 rings (SSSR count). The topological polar surface area (TPSA) is 168 Å². The SMILES string of the molecule is CNC(=O)/C(=C\c1cncc(C(N)=C=O)c1)CN(Cc1cc(F)c(F)c(F)c1)C(=O)NC(=Nc1ccc2c(c1)CCO2)NC=O. The van der Waals surface area contributed by atoms with Crippen LogP contribution in [0.1, 0.15) is 22.3 Å². The normalized spacial score (nSPS) is 12.4. The van der Waals surface area contributed by atoms with Crippen LogP contribution in [0.4, 0.5) is 23.7 Å². The molecule has 2 aromatic carbocycles. The van der Waals surface area contributed by atoms with Gasteiger partial charge in [0.15, 0.2) is 23.4 Å². The lowest BCUT2D eigenvalue weighted by atomic mass is 10.1. The molecule has 1 aromatic heterocycles. The molecule has 1 aliphatic rings. The van der Waals surface area contributed by atoms with Gasteiger partial charge in [0, 0.05) is 43.5 Å². The molecule has 0 spiro atoms. The lowest BCUT2D eigenvalue weighted by Crippen LogP contribution is -2.48. The zero-order valence-electron chi connectivity index (χ0n) is 23.7. The fourth-order valence-electron chi connectivity index (χ4n) is 4.32. The molecular weight excluding hydrogens is 595 g/mol. The molecule has 0 aliphatic carbocycles. The number of likely N-dealkylation sites (N-methyl/N-ethyl adjacent to an activating group) is 1. The maximum atomic E-state index is 14.1. The summed E-state index contributed by atoms with van der Waals surface area (Å²) < 4.78 is 47.3. The first-order valence-corrected chi connectivity index (χ1v) is 13.2. The average Bonchev–Trinajstić information content (AvgIpc) is 3.50. The zero-order chi connectivity index (χ0) is 32.5. The first-order chi connectivity index (χ1) is 21.6. The molecule has 0 fully saturated rings. The number of hydrogen-bond acceptors (Lipinski definition) is 8. The average molecular weight is 622 g/mol. The summed E-state index contributed by atoms with van der Waals surface area (Å²) in [7, 11) is 1.34. The Bertz CT molecular complexity index is 1730. The van der Waals surface area contributed by atoms with E-state index >= 15 is 0 Å². The highest BCUT2D eigenvalue weighted by Gasteiger charge is 2.23. The fraction of sp³-hybridized carbons (Fsp3) is 0.167. The van der Waals surface area contributed by atoms with Gasteiger partial charge in [0.05, 0.1) is 18.8 Å². The van der Waals surface area contributed by atoms with Gasteiger partial charge in [-0.05, 0) is 59.2 Å². The van der Waals surface area contributed by atoms with Crippen LogP contribution in [-0.4, -0.2) is 60.3 Å². The van der Waals surface area contributed by atoms with Gasteiger partial charge in [-0.3, -0.25) is 25.2 Å². The van der Waals surface area contributed by atoms with Gasteiger partial charge in [-0.2, -0.15) is 0 Å². The Morgan fingerprint density at radius 2 is 1.91 bits per heavy atom. The van der Waals surface area contributed by atoms with Crippen LogP contribution in [0.2, 0.25) is 0 Å². The molecule has 0 atom stereocenters. The van der Waals surface area contributed by atoms with Crippen LogP contribution in [0.15, 0.2) is 59.4 Å². The van der Waals surface area contributed by atoms with Crippen molar-refractivity contribution in [1.82, 2.24) is 25.8 Å². The molecule has 4 amide bonds. The molecule has 45 heavy (non-hydrogen) atoms. The molecule has 3 aromatic rings. The molecule has 0 unspecified atom stereocenters. The number of hydrogen-bond donors (Lipinski definition) is 4. The Morgan fingerprint density at radius 1 is 1.16 bits per heavy atom. The van der Waals surface area contributed by atoms with Crippen LogP contribution in [-0.2, 0) is 27.3 Å². The highest BCUT2D eigenvalue weighted by molar-refractivity contribution is 6.02. The van der Waals surface area contributed by atoms with Gasteiger partial charge in [-0.25, -0.2) is 27.8 Å². The third kappa shape index (κ3) is 8.12. The smallest absolute Gasteiger partial charge is 0.324 e. The van der Waals surface area contributed by atoms with Crippen molar-refractivity contribution >= 4 is 47.7 Å². The number of pyridine rings is 1. The molecule has 1 aliphatic heterocycles. The number of aromatic nitrogens is 1. The van der Waals surface area contributed by atoms with E-state index in [2.05, 4.69) is 25.9 Å². The van der Waals surface area contributed by atoms with Crippen LogP contribution in [0.5, 0.6) is 5.75 Å². The number of halogens is 3. The van der Waals surface area contributed by atoms with Gasteiger partial charge in [-0.1, -0.05) is 0 Å². The summed E-state index contributed by atoms with van der Waals surface area (Å²) >= 11 is 0. The third-order valence-corrected chi connectivity index (χ3v) is 6.44. The van der Waals surface area contributed by atoms with Gasteiger partial charge < -0.3 is 20.7 Å². The largest absolute Gasteiger partial charge is 0.493 e. The van der Waals surface area contributed by atoms with Crippen LogP contribution < -0.4 is 26.4 Å². The summed E-state index contributed by atoms with van der Waals surface area (Å²) in [5.41, 5.74) is 7.00. The highest BCUT2D eigenvalue weighted by Crippen LogP contribution is 2.29. The lowest BCUT2D eigenvalue weighted by molar-refractivity contribution is -0.117. The van der Waals surface area contributed by atoms with Crippen molar-refractivity contribution in [3.8, 4) is 5.75 Å². The summed E-state index contributed by atoms with van der Waals surface area (Å²) in [4.78, 5) is 58.1. The predicted molar refractivity (Wildman–Crippen MR) is 157 cm³/mol. The number of nitrogens with one attached hydrogen (secondary N) is 3. The number of ether oxygens (including phenoxy) is 1. The van der Waals surface area contributed by atoms with E-state index in [1.165, 1.54) is 31.6 Å². The minimum atomic E-state index is -1.69. The Balaban J connectivity index is 1.71. The number of amides is 4. The van der Waals surface area contributed by atoms with Gasteiger partial charge in [0.25, 0.3) is 0 Å². The molecule has 0 saturated carbocycles. The van der Waals surface area contributed by atoms with E-state index in [9.17, 15) is 32.3 Å². The van der Waals surface area contributed by atoms with E-state index in [1.807, 2.05) is 0 Å². The Kier molecular flexibility index (Phi) is 10.3. The number of urea groups is 1. The first kappa shape index (κ1) is 32.0. The Morgan fingerprint density at radius 3 is 2.60 bits per heavy atom. The molecule has 232 valence electrons. The second-order valence-electron chi connectivity index (χ2n) is 9.54. The fourth-order valence-corrected chi connectivity index (χ4v) is 4.32. The van der Waals surface area contributed by atoms with E-state index in [0.717, 1.165) is 10.5 Å². The second-order valence-corrected chi connectivity index (χ2v) is 9.54. The summed E-state index contributed by atoms with van der Waals surface area (Å²) in [5.74, 6) is -3.37. The van der Waals surface area contributed by atoms with Crippen molar-refractivity contribution in [2.24, 2.45) is 10.7 Å². The predicted octanol–water partition coefficient (Wildman–Crippen LogP) is 2.34. The summed E-state index contributed by atoms with van der Waals surface area (Å²) in [6, 6.07) is 6.91. The number of aliphatic imine (C=N–C) groups is 1. The third-order valence-electron chi connectivity index (χ3n) is 6.44. The van der Waals surface area contributed by atoms with E-state index in [-0.39, 0.29) is 34.8 Å². The van der Waals surface area contributed by atoms with Crippen LogP contribution in [0.25, 0.3) is 11.8 Å². The molecule has 0 bridgehead atoms. The molecule has 12 nitrogen and oxygen atoms in total. The number of carbonyl (C=O) groups is 3. The molecule has 0 radical (unpaired) electrons. The monoisotopic (exact) mass is 621 g/mol. The van der Waals surface area contributed by atoms with Crippen molar-refractivity contribution in [2.45, 2.75) is 13.0 Å². The van der Waals surface area contributed by atoms with E-state index < -0.39 is 42.5 Å². The van der Waals surface area contributed by atoms with E-state index in [1.54, 1.807) is 24.1 Å². The standard InChI is InChI=1S/C30H26F3N7O5/c1-35-28(43)21(7-17-6-20(12-36-11-17)25(34)15-41)14-40(13-18-8-23(31)27(33)24(32)9-18)30(44)39-29(37-16-42)38-22-2-3-26-19(10-22)4-5-45-26/h2-3,6-12,16H,4-5,13-14,34H2,1H3,(H,35,43)(H2,37,38,39,42,44)/b21-7-. The van der Waals surface area contributed by atoms with Crippen molar-refractivity contribution in [2.75, 3.05) is 20.2 Å². The maximum absolute atomic E-state index is 14.1. The lowest BCUT2D eigenvalue weighted by Gasteiger charge is -2.25. The number of carbonyl (C=O) groups excluding carboxylic acids is 4. The van der Waals surface area contributed by atoms with Gasteiger partial charge >= 0.3 is 6.03 Å². The van der Waals surface area contributed by atoms with Crippen molar-refractivity contribution in [1.29, 1.82) is 0 Å². The van der Waals surface area contributed by atoms with Crippen LogP contribution in [0.3, 0.4) is 0 Å². The van der Waals surface area contributed by atoms with Crippen molar-refractivity contribution in [3.63, 3.8) is 0 Å². The summed E-state index contributed by atoms with van der Waals surface area (Å²) in [6.45, 7) is -0.487. The number of nitrogens with zero attached hydrogens (tertiary/aromatic N) is 3. The van der Waals surface area contributed by atoms with Crippen molar-refractivity contribution < 1.29 is 37.1 Å². The van der Waals surface area contributed by atoms with Crippen LogP contribution >= 0.6 is 0 Å². The Hall–Kier alpha value is -5.95. The Labute approximate surface area is 254 Å². The molecular formula is C30H26F3N7O5. The number of benzene rings is 2. The minimum absolute atomic E-state index is 0.0382. The summed E-state index contributed by atoms with van der Waals surface area (Å²) in [6.07, 6.45) is 4.94. The minimum Gasteiger partial charge on any atom is -0.493 e. The quantitative estimate of drug-likeness (QED) is 0.0710. The van der Waals surface area contributed by atoms with Gasteiger partial charge in [0.1, 0.15) is 11.4 Å². The molecule has 2 heterocycles. The first-order valence-electron chi connectivity index (χ1n) is 13.2. The number of fused-ring (bicyclic) bond motifs is 1. The number of nitrogens with two attached hydrogens (primary N) is 1. The zero-order valence-corrected chi connectivity index (χ0v) is 23.7. The van der Waals surface area contributed by atoms with E-state index in [4.69, 9.17) is 10.5 Å². The number of rotatable bonds is 9. The van der Waals surface area contributed by atoms with E-state index in [0.29, 0.717) is 42.2 Å². The molecule has 0 saturated heterocycles. The second kappa shape index (κ2) is 14.5. The van der Waals surface area contributed by atoms with Crippen LogP contribution in [0, 0.1) is 17.5 Å². The molecule has 5 N–H and O–H groups in total. The highest BCUT2D eigenvalue weighted by atomic mass is 19.2. The van der Waals surface area contributed by atoms with Gasteiger partial charge in [0.2, 0.25) is 18.3 Å².